The van der Waals surface area contributed by atoms with Crippen LogP contribution >= 0.6 is 11.6 Å². The number of hydrogen-bond donors (Lipinski definition) is 0. The van der Waals surface area contributed by atoms with Gasteiger partial charge in [-0.05, 0) is 0 Å². The lowest BCUT2D eigenvalue weighted by atomic mass is 10.4. The van der Waals surface area contributed by atoms with E-state index in [1.54, 1.807) is 0 Å². The Kier molecular flexibility index (Phi) is 1.72. The molecule has 0 unspecified atom stereocenters. The molecule has 0 radical (unpaired) electrons. The van der Waals surface area contributed by atoms with Gasteiger partial charge in [-0.1, -0.05) is 11.6 Å². The van der Waals surface area contributed by atoms with Crippen molar-refractivity contribution >= 4 is 11.6 Å². The van der Waals surface area contributed by atoms with Crippen LogP contribution in [-0.2, 0) is 7.05 Å². The minimum atomic E-state index is 0.797. The Balaban J connectivity index is 3.17. The van der Waals surface area contributed by atoms with Gasteiger partial charge in [0, 0.05) is 19.1 Å². The second-order valence-corrected chi connectivity index (χ2v) is 2.53. The number of aryl methyl sites for hydroxylation is 2. The molecular weight excluding hydrogens is 134 g/mol. The van der Waals surface area contributed by atoms with Gasteiger partial charge in [-0.15, -0.1) is 0 Å². The fraction of sp³-hybridized carbons (Fsp3) is 0.286. The molecule has 0 atom stereocenters. The molecule has 0 aliphatic heterocycles. The largest absolute Gasteiger partial charge is 0.205 e. The second kappa shape index (κ2) is 2.36. The molecule has 1 aromatic rings. The maximum atomic E-state index is 5.70. The molecule has 0 N–H and O–H groups in total. The van der Waals surface area contributed by atoms with Gasteiger partial charge in [0.15, 0.2) is 11.9 Å². The third-order valence-electron chi connectivity index (χ3n) is 1.36. The third kappa shape index (κ3) is 1.42. The van der Waals surface area contributed by atoms with Crippen molar-refractivity contribution in [2.24, 2.45) is 7.05 Å². The fourth-order valence-corrected chi connectivity index (χ4v) is 0.864. The Labute approximate surface area is 59.9 Å². The molecule has 0 fully saturated rings. The SMILES string of the molecule is Cc1cc(Cl)cc[n+]1C. The number of hydrogen-bond acceptors (Lipinski definition) is 0. The van der Waals surface area contributed by atoms with E-state index in [0.717, 1.165) is 5.02 Å². The molecule has 0 spiro atoms. The average Bonchev–Trinajstić information content (AvgIpc) is 1.80. The summed E-state index contributed by atoms with van der Waals surface area (Å²) in [5.41, 5.74) is 1.17. The Bertz CT molecular complexity index is 220. The van der Waals surface area contributed by atoms with Crippen molar-refractivity contribution in [1.82, 2.24) is 0 Å². The fourth-order valence-electron chi connectivity index (χ4n) is 0.650. The van der Waals surface area contributed by atoms with Crippen molar-refractivity contribution in [2.75, 3.05) is 0 Å². The van der Waals surface area contributed by atoms with Gasteiger partial charge in [-0.3, -0.25) is 0 Å². The molecule has 0 aliphatic carbocycles. The van der Waals surface area contributed by atoms with Gasteiger partial charge < -0.3 is 0 Å². The van der Waals surface area contributed by atoms with E-state index in [1.807, 2.05) is 36.9 Å². The lowest BCUT2D eigenvalue weighted by Gasteiger charge is -1.91. The Morgan fingerprint density at radius 1 is 1.56 bits per heavy atom. The third-order valence-corrected chi connectivity index (χ3v) is 1.60. The molecule has 1 nitrogen and oxygen atoms in total. The minimum absolute atomic E-state index is 0.797. The van der Waals surface area contributed by atoms with Crippen LogP contribution in [0.15, 0.2) is 18.3 Å². The van der Waals surface area contributed by atoms with E-state index in [1.165, 1.54) is 5.69 Å². The van der Waals surface area contributed by atoms with E-state index in [-0.39, 0.29) is 0 Å². The van der Waals surface area contributed by atoms with Crippen molar-refractivity contribution < 1.29 is 4.57 Å². The van der Waals surface area contributed by atoms with Crippen LogP contribution in [0.25, 0.3) is 0 Å². The topological polar surface area (TPSA) is 3.88 Å². The molecule has 0 saturated heterocycles. The van der Waals surface area contributed by atoms with E-state index in [0.29, 0.717) is 0 Å². The summed E-state index contributed by atoms with van der Waals surface area (Å²) in [6.45, 7) is 2.02. The summed E-state index contributed by atoms with van der Waals surface area (Å²) in [5.74, 6) is 0. The lowest BCUT2D eigenvalue weighted by Crippen LogP contribution is -2.30. The second-order valence-electron chi connectivity index (χ2n) is 2.10. The predicted molar refractivity (Wildman–Crippen MR) is 37.4 cm³/mol. The minimum Gasteiger partial charge on any atom is -0.205 e. The number of halogens is 1. The first-order valence-electron chi connectivity index (χ1n) is 2.82. The molecule has 2 heteroatoms. The predicted octanol–water partition coefficient (Wildman–Crippen LogP) is 1.47. The van der Waals surface area contributed by atoms with Crippen LogP contribution in [-0.4, -0.2) is 0 Å². The van der Waals surface area contributed by atoms with E-state index < -0.39 is 0 Å². The highest BCUT2D eigenvalue weighted by atomic mass is 35.5. The normalized spacial score (nSPS) is 9.67. The molecule has 1 heterocycles. The van der Waals surface area contributed by atoms with Gasteiger partial charge in [-0.2, -0.15) is 0 Å². The highest BCUT2D eigenvalue weighted by molar-refractivity contribution is 6.30. The summed E-state index contributed by atoms with van der Waals surface area (Å²) in [4.78, 5) is 0. The summed E-state index contributed by atoms with van der Waals surface area (Å²) < 4.78 is 2.02. The summed E-state index contributed by atoms with van der Waals surface area (Å²) in [6, 6.07) is 3.80. The smallest absolute Gasteiger partial charge is 0.179 e. The summed E-state index contributed by atoms with van der Waals surface area (Å²) in [5, 5.41) is 0.797. The van der Waals surface area contributed by atoms with Gasteiger partial charge in [-0.25, -0.2) is 4.57 Å². The lowest BCUT2D eigenvalue weighted by molar-refractivity contribution is -0.677. The van der Waals surface area contributed by atoms with Gasteiger partial charge in [0.1, 0.15) is 7.05 Å². The summed E-state index contributed by atoms with van der Waals surface area (Å²) >= 11 is 5.70. The summed E-state index contributed by atoms with van der Waals surface area (Å²) in [7, 11) is 1.99. The van der Waals surface area contributed by atoms with E-state index in [9.17, 15) is 0 Å². The maximum absolute atomic E-state index is 5.70. The van der Waals surface area contributed by atoms with Crippen LogP contribution in [0.5, 0.6) is 0 Å². The molecule has 9 heavy (non-hydrogen) atoms. The van der Waals surface area contributed by atoms with E-state index in [2.05, 4.69) is 0 Å². The van der Waals surface area contributed by atoms with E-state index in [4.69, 9.17) is 11.6 Å². The molecule has 48 valence electrons. The maximum Gasteiger partial charge on any atom is 0.179 e. The summed E-state index contributed by atoms with van der Waals surface area (Å²) in [6.07, 6.45) is 1.94. The van der Waals surface area contributed by atoms with Crippen LogP contribution in [0.1, 0.15) is 5.69 Å². The standard InChI is InChI=1S/C7H9ClN/c1-6-5-7(8)3-4-9(6)2/h3-5H,1-2H3/q+1. The zero-order valence-electron chi connectivity index (χ0n) is 5.56. The highest BCUT2D eigenvalue weighted by Gasteiger charge is 1.97. The number of rotatable bonds is 0. The molecule has 0 bridgehead atoms. The zero-order valence-corrected chi connectivity index (χ0v) is 6.31. The Morgan fingerprint density at radius 2 is 2.22 bits per heavy atom. The number of nitrogens with zero attached hydrogens (tertiary/aromatic N) is 1. The first-order valence-corrected chi connectivity index (χ1v) is 3.20. The molecule has 1 rings (SSSR count). The van der Waals surface area contributed by atoms with Gasteiger partial charge in [0.2, 0.25) is 0 Å². The Morgan fingerprint density at radius 3 is 2.67 bits per heavy atom. The van der Waals surface area contributed by atoms with Crippen LogP contribution in [0.3, 0.4) is 0 Å². The zero-order chi connectivity index (χ0) is 6.85. The molecular formula is C7H9ClN+. The highest BCUT2D eigenvalue weighted by Crippen LogP contribution is 2.04. The van der Waals surface area contributed by atoms with Crippen molar-refractivity contribution in [3.8, 4) is 0 Å². The first kappa shape index (κ1) is 6.56. The van der Waals surface area contributed by atoms with Crippen LogP contribution < -0.4 is 4.57 Å². The van der Waals surface area contributed by atoms with Crippen molar-refractivity contribution in [2.45, 2.75) is 6.92 Å². The van der Waals surface area contributed by atoms with Crippen molar-refractivity contribution in [3.05, 3.63) is 29.0 Å². The van der Waals surface area contributed by atoms with Gasteiger partial charge in [0.05, 0.1) is 5.02 Å². The number of pyridine rings is 1. The van der Waals surface area contributed by atoms with Crippen LogP contribution in [0, 0.1) is 6.92 Å². The van der Waals surface area contributed by atoms with Crippen molar-refractivity contribution in [1.29, 1.82) is 0 Å². The molecule has 0 saturated carbocycles. The van der Waals surface area contributed by atoms with Crippen molar-refractivity contribution in [3.63, 3.8) is 0 Å². The van der Waals surface area contributed by atoms with Crippen LogP contribution in [0.2, 0.25) is 5.02 Å². The van der Waals surface area contributed by atoms with Gasteiger partial charge >= 0.3 is 0 Å². The quantitative estimate of drug-likeness (QED) is 0.483. The monoisotopic (exact) mass is 142 g/mol. The Hall–Kier alpha value is -0.560. The van der Waals surface area contributed by atoms with Gasteiger partial charge in [0.25, 0.3) is 0 Å². The molecule has 0 aromatic carbocycles. The number of aromatic nitrogens is 1. The average molecular weight is 143 g/mol. The molecule has 1 aromatic heterocycles. The first-order chi connectivity index (χ1) is 4.20. The van der Waals surface area contributed by atoms with Crippen LogP contribution in [0.4, 0.5) is 0 Å². The van der Waals surface area contributed by atoms with E-state index >= 15 is 0 Å². The molecule has 0 aliphatic rings. The molecule has 0 amide bonds.